The zero-order chi connectivity index (χ0) is 20.8. The van der Waals surface area contributed by atoms with E-state index in [0.29, 0.717) is 0 Å². The molecule has 0 nitrogen and oxygen atoms in total. The quantitative estimate of drug-likeness (QED) is 0.192. The fourth-order valence-electron chi connectivity index (χ4n) is 4.21. The summed E-state index contributed by atoms with van der Waals surface area (Å²) in [5.74, 6) is 0. The van der Waals surface area contributed by atoms with Gasteiger partial charge in [-0.05, 0) is 0 Å². The van der Waals surface area contributed by atoms with Crippen molar-refractivity contribution in [3.8, 4) is 0 Å². The van der Waals surface area contributed by atoms with Crippen LogP contribution < -0.4 is 0 Å². The number of hydrogen-bond donors (Lipinski definition) is 0. The van der Waals surface area contributed by atoms with E-state index in [1.54, 1.807) is 3.59 Å². The molecular weight excluding hydrogens is 455 g/mol. The van der Waals surface area contributed by atoms with Gasteiger partial charge in [-0.2, -0.15) is 0 Å². The van der Waals surface area contributed by atoms with Gasteiger partial charge in [-0.3, -0.25) is 0 Å². The second kappa shape index (κ2) is 13.9. The fourth-order valence-corrected chi connectivity index (χ4v) is 20.2. The van der Waals surface area contributed by atoms with Gasteiger partial charge in [0.15, 0.2) is 0 Å². The number of unbranched alkanes of at least 4 members (excludes halogenated alkanes) is 3. The average molecular weight is 495 g/mol. The van der Waals surface area contributed by atoms with Crippen LogP contribution in [0.25, 0.3) is 12.2 Å². The van der Waals surface area contributed by atoms with Crippen molar-refractivity contribution < 1.29 is 0 Å². The van der Waals surface area contributed by atoms with E-state index in [4.69, 9.17) is 0 Å². The van der Waals surface area contributed by atoms with Crippen molar-refractivity contribution in [3.05, 3.63) is 81.5 Å². The minimum absolute atomic E-state index is 1.31. The van der Waals surface area contributed by atoms with Gasteiger partial charge in [0.1, 0.15) is 0 Å². The van der Waals surface area contributed by atoms with Gasteiger partial charge in [0.25, 0.3) is 0 Å². The van der Waals surface area contributed by atoms with Crippen LogP contribution in [0, 0.1) is 0 Å². The summed E-state index contributed by atoms with van der Waals surface area (Å²) in [5.41, 5.74) is 2.68. The number of benzene rings is 2. The van der Waals surface area contributed by atoms with E-state index in [-0.39, 0.29) is 0 Å². The van der Waals surface area contributed by atoms with Crippen molar-refractivity contribution in [3.63, 3.8) is 0 Å². The van der Waals surface area contributed by atoms with Crippen LogP contribution in [0.15, 0.2) is 70.3 Å². The Labute approximate surface area is 184 Å². The summed E-state index contributed by atoms with van der Waals surface area (Å²) in [6.07, 6.45) is 15.6. The second-order valence-corrected chi connectivity index (χ2v) is 21.6. The maximum absolute atomic E-state index is 2.55. The SMILES string of the molecule is CCC[CH2][Sn]([CH2]CCC)([CH2]CCC)[C](=C\c1ccccc1)/C=C/c1ccccc1. The molecule has 156 valence electrons. The molecule has 0 atom stereocenters. The molecule has 2 aromatic rings. The maximum atomic E-state index is 2.55. The standard InChI is InChI=1S/C16H13.3C4H9.Sn/c1-3-9-15(10-4-1)13-7-8-14-16-11-5-2-6-12-16;3*1-3-4-2;/h1-7,9-14H;3*1,3-4H2,2H3;/b13-7+,14-8?;;;;. The second-order valence-electron chi connectivity index (χ2n) is 8.35. The molecule has 2 aromatic carbocycles. The summed E-state index contributed by atoms with van der Waals surface area (Å²) in [4.78, 5) is 0. The zero-order valence-electron chi connectivity index (χ0n) is 18.9. The Hall–Kier alpha value is -1.28. The number of rotatable bonds is 13. The first kappa shape index (κ1) is 24.0. The first-order valence-corrected chi connectivity index (χ1v) is 19.2. The van der Waals surface area contributed by atoms with Gasteiger partial charge in [-0.15, -0.1) is 0 Å². The zero-order valence-corrected chi connectivity index (χ0v) is 21.7. The predicted molar refractivity (Wildman–Crippen MR) is 135 cm³/mol. The Kier molecular flexibility index (Phi) is 11.5. The van der Waals surface area contributed by atoms with Gasteiger partial charge in [0.05, 0.1) is 0 Å². The van der Waals surface area contributed by atoms with Crippen LogP contribution in [-0.2, 0) is 0 Å². The van der Waals surface area contributed by atoms with Gasteiger partial charge in [-0.25, -0.2) is 0 Å². The van der Waals surface area contributed by atoms with E-state index in [9.17, 15) is 0 Å². The van der Waals surface area contributed by atoms with Gasteiger partial charge in [0.2, 0.25) is 0 Å². The first-order valence-electron chi connectivity index (χ1n) is 11.7. The molecule has 0 radical (unpaired) electrons. The predicted octanol–water partition coefficient (Wildman–Crippen LogP) is 9.17. The molecule has 0 aliphatic carbocycles. The third-order valence-corrected chi connectivity index (χ3v) is 21.6. The van der Waals surface area contributed by atoms with Crippen LogP contribution in [0.2, 0.25) is 13.3 Å². The molecule has 29 heavy (non-hydrogen) atoms. The van der Waals surface area contributed by atoms with Crippen molar-refractivity contribution in [1.82, 2.24) is 0 Å². The summed E-state index contributed by atoms with van der Waals surface area (Å²) in [7, 11) is 0. The molecule has 0 bridgehead atoms. The van der Waals surface area contributed by atoms with E-state index in [1.165, 1.54) is 63.0 Å². The molecular formula is C28H40Sn. The van der Waals surface area contributed by atoms with Crippen molar-refractivity contribution in [1.29, 1.82) is 0 Å². The van der Waals surface area contributed by atoms with Crippen LogP contribution >= 0.6 is 0 Å². The summed E-state index contributed by atoms with van der Waals surface area (Å²) < 4.78 is 6.24. The normalized spacial score (nSPS) is 12.6. The Morgan fingerprint density at radius 2 is 1.10 bits per heavy atom. The van der Waals surface area contributed by atoms with Crippen molar-refractivity contribution >= 4 is 30.5 Å². The minimum atomic E-state index is -2.49. The van der Waals surface area contributed by atoms with Crippen LogP contribution in [0.1, 0.15) is 70.4 Å². The third kappa shape index (κ3) is 8.16. The Morgan fingerprint density at radius 1 is 0.655 bits per heavy atom. The molecule has 0 heterocycles. The summed E-state index contributed by atoms with van der Waals surface area (Å²) in [6.45, 7) is 7.07. The van der Waals surface area contributed by atoms with Crippen molar-refractivity contribution in [2.45, 2.75) is 72.6 Å². The fraction of sp³-hybridized carbons (Fsp3) is 0.429. The molecule has 0 saturated heterocycles. The average Bonchev–Trinajstić information content (AvgIpc) is 2.78. The van der Waals surface area contributed by atoms with Gasteiger partial charge in [0, 0.05) is 0 Å². The molecule has 2 rings (SSSR count). The molecule has 0 fully saturated rings. The molecule has 0 spiro atoms. The van der Waals surface area contributed by atoms with Gasteiger partial charge < -0.3 is 0 Å². The molecule has 0 N–H and O–H groups in total. The van der Waals surface area contributed by atoms with E-state index >= 15 is 0 Å². The molecule has 0 aromatic heterocycles. The first-order chi connectivity index (χ1) is 14.2. The number of hydrogen-bond acceptors (Lipinski definition) is 0. The molecule has 1 heteroatoms. The molecule has 0 unspecified atom stereocenters. The summed E-state index contributed by atoms with van der Waals surface area (Å²) in [5, 5.41) is 0. The van der Waals surface area contributed by atoms with E-state index in [1.807, 2.05) is 0 Å². The molecule has 0 aliphatic heterocycles. The van der Waals surface area contributed by atoms with Crippen molar-refractivity contribution in [2.75, 3.05) is 0 Å². The molecule has 0 aliphatic rings. The monoisotopic (exact) mass is 496 g/mol. The van der Waals surface area contributed by atoms with Crippen LogP contribution in [-0.4, -0.2) is 18.4 Å². The van der Waals surface area contributed by atoms with E-state index in [2.05, 4.69) is 99.7 Å². The molecule has 0 saturated carbocycles. The van der Waals surface area contributed by atoms with Crippen LogP contribution in [0.3, 0.4) is 0 Å². The van der Waals surface area contributed by atoms with Gasteiger partial charge in [-0.1, -0.05) is 0 Å². The van der Waals surface area contributed by atoms with Crippen LogP contribution in [0.4, 0.5) is 0 Å². The Balaban J connectivity index is 2.50. The summed E-state index contributed by atoms with van der Waals surface area (Å²) in [6, 6.07) is 21.8. The third-order valence-electron chi connectivity index (χ3n) is 6.02. The van der Waals surface area contributed by atoms with E-state index < -0.39 is 18.4 Å². The van der Waals surface area contributed by atoms with E-state index in [0.717, 1.165) is 0 Å². The Morgan fingerprint density at radius 3 is 1.55 bits per heavy atom. The van der Waals surface area contributed by atoms with Crippen molar-refractivity contribution in [2.24, 2.45) is 0 Å². The van der Waals surface area contributed by atoms with Crippen LogP contribution in [0.5, 0.6) is 0 Å². The van der Waals surface area contributed by atoms with Gasteiger partial charge >= 0.3 is 185 Å². The summed E-state index contributed by atoms with van der Waals surface area (Å²) >= 11 is -2.49. The molecule has 0 amide bonds. The topological polar surface area (TPSA) is 0 Å². The number of allylic oxidation sites excluding steroid dienone is 2. The Bertz CT molecular complexity index is 706.